The van der Waals surface area contributed by atoms with Gasteiger partial charge >= 0.3 is 6.18 Å². The molecule has 18 heavy (non-hydrogen) atoms. The van der Waals surface area contributed by atoms with Crippen LogP contribution in [0.5, 0.6) is 0 Å². The number of hydrogen-bond acceptors (Lipinski definition) is 3. The Hall–Kier alpha value is -0.820. The third-order valence-electron chi connectivity index (χ3n) is 2.27. The number of ether oxygens (including phenoxy) is 1. The molecule has 0 heterocycles. The maximum atomic E-state index is 11.9. The van der Waals surface area contributed by atoms with E-state index in [-0.39, 0.29) is 12.6 Å². The summed E-state index contributed by atoms with van der Waals surface area (Å²) in [5, 5.41) is 0.545. The van der Waals surface area contributed by atoms with Crippen molar-refractivity contribution in [1.82, 2.24) is 5.43 Å². The highest BCUT2D eigenvalue weighted by Crippen LogP contribution is 2.20. The van der Waals surface area contributed by atoms with Gasteiger partial charge < -0.3 is 4.74 Å². The highest BCUT2D eigenvalue weighted by atomic mass is 35.5. The lowest BCUT2D eigenvalue weighted by Crippen LogP contribution is -2.29. The standard InChI is InChI=1S/C11H14ClF3N2O/c12-9-3-1-2-8(6-9)10(17-16)4-5-18-7-11(13,14)15/h1-3,6,10,17H,4-5,7,16H2. The minimum atomic E-state index is -4.30. The second-order valence-corrected chi connectivity index (χ2v) is 4.17. The summed E-state index contributed by atoms with van der Waals surface area (Å²) in [4.78, 5) is 0. The van der Waals surface area contributed by atoms with E-state index >= 15 is 0 Å². The van der Waals surface area contributed by atoms with Gasteiger partial charge in [-0.3, -0.25) is 11.3 Å². The van der Waals surface area contributed by atoms with E-state index in [9.17, 15) is 13.2 Å². The van der Waals surface area contributed by atoms with Gasteiger partial charge in [0.25, 0.3) is 0 Å². The predicted molar refractivity (Wildman–Crippen MR) is 63.0 cm³/mol. The zero-order chi connectivity index (χ0) is 13.6. The molecule has 1 unspecified atom stereocenters. The van der Waals surface area contributed by atoms with Crippen molar-refractivity contribution in [2.75, 3.05) is 13.2 Å². The van der Waals surface area contributed by atoms with E-state index in [1.54, 1.807) is 24.3 Å². The van der Waals surface area contributed by atoms with Crippen molar-refractivity contribution in [3.05, 3.63) is 34.9 Å². The van der Waals surface area contributed by atoms with Gasteiger partial charge in [0.2, 0.25) is 0 Å². The lowest BCUT2D eigenvalue weighted by atomic mass is 10.1. The van der Waals surface area contributed by atoms with Gasteiger partial charge in [0.1, 0.15) is 6.61 Å². The zero-order valence-corrected chi connectivity index (χ0v) is 10.3. The normalized spacial score (nSPS) is 13.6. The Morgan fingerprint density at radius 3 is 2.67 bits per heavy atom. The highest BCUT2D eigenvalue weighted by molar-refractivity contribution is 6.30. The van der Waals surface area contributed by atoms with Crippen molar-refractivity contribution in [3.8, 4) is 0 Å². The molecule has 0 bridgehead atoms. The quantitative estimate of drug-likeness (QED) is 0.479. The number of hydrogen-bond donors (Lipinski definition) is 2. The number of nitrogens with two attached hydrogens (primary N) is 1. The maximum absolute atomic E-state index is 11.9. The number of benzene rings is 1. The van der Waals surface area contributed by atoms with Crippen molar-refractivity contribution < 1.29 is 17.9 Å². The molecule has 1 atom stereocenters. The van der Waals surface area contributed by atoms with Crippen LogP contribution in [0.15, 0.2) is 24.3 Å². The number of hydrazine groups is 1. The first-order valence-electron chi connectivity index (χ1n) is 5.28. The van der Waals surface area contributed by atoms with Crippen LogP contribution in [-0.4, -0.2) is 19.4 Å². The van der Waals surface area contributed by atoms with E-state index in [0.717, 1.165) is 5.56 Å². The van der Waals surface area contributed by atoms with E-state index in [4.69, 9.17) is 17.4 Å². The van der Waals surface area contributed by atoms with Gasteiger partial charge in [-0.2, -0.15) is 13.2 Å². The van der Waals surface area contributed by atoms with E-state index in [1.165, 1.54) is 0 Å². The van der Waals surface area contributed by atoms with Crippen LogP contribution in [0.2, 0.25) is 5.02 Å². The summed E-state index contributed by atoms with van der Waals surface area (Å²) in [5.74, 6) is 5.35. The zero-order valence-electron chi connectivity index (χ0n) is 9.51. The molecule has 3 N–H and O–H groups in total. The minimum Gasteiger partial charge on any atom is -0.372 e. The van der Waals surface area contributed by atoms with Crippen molar-refractivity contribution in [2.24, 2.45) is 5.84 Å². The summed E-state index contributed by atoms with van der Waals surface area (Å²) in [6, 6.07) is 6.66. The fourth-order valence-electron chi connectivity index (χ4n) is 1.46. The lowest BCUT2D eigenvalue weighted by molar-refractivity contribution is -0.174. The molecule has 1 aromatic rings. The van der Waals surface area contributed by atoms with E-state index in [2.05, 4.69) is 10.2 Å². The van der Waals surface area contributed by atoms with Crippen LogP contribution in [-0.2, 0) is 4.74 Å². The Labute approximate surface area is 108 Å². The molecule has 0 saturated carbocycles. The Balaban J connectivity index is 2.43. The third kappa shape index (κ3) is 5.68. The van der Waals surface area contributed by atoms with Crippen molar-refractivity contribution in [1.29, 1.82) is 0 Å². The van der Waals surface area contributed by atoms with Crippen LogP contribution < -0.4 is 11.3 Å². The first-order chi connectivity index (χ1) is 8.42. The summed E-state index contributed by atoms with van der Waals surface area (Å²) in [6.45, 7) is -1.29. The Morgan fingerprint density at radius 1 is 1.39 bits per heavy atom. The van der Waals surface area contributed by atoms with E-state index < -0.39 is 12.8 Å². The number of nitrogens with one attached hydrogen (secondary N) is 1. The summed E-state index contributed by atoms with van der Waals surface area (Å²) in [6.07, 6.45) is -3.98. The molecule has 0 radical (unpaired) electrons. The minimum absolute atomic E-state index is 0.0408. The van der Waals surface area contributed by atoms with E-state index in [0.29, 0.717) is 11.4 Å². The summed E-state index contributed by atoms with van der Waals surface area (Å²) in [5.41, 5.74) is 3.33. The summed E-state index contributed by atoms with van der Waals surface area (Å²) < 4.78 is 40.1. The van der Waals surface area contributed by atoms with Gasteiger partial charge in [-0.25, -0.2) is 0 Å². The number of alkyl halides is 3. The second kappa shape index (κ2) is 6.94. The summed E-state index contributed by atoms with van der Waals surface area (Å²) in [7, 11) is 0. The second-order valence-electron chi connectivity index (χ2n) is 3.73. The average molecular weight is 283 g/mol. The van der Waals surface area contributed by atoms with Crippen LogP contribution in [0.25, 0.3) is 0 Å². The van der Waals surface area contributed by atoms with Crippen LogP contribution >= 0.6 is 11.6 Å². The molecular weight excluding hydrogens is 269 g/mol. The van der Waals surface area contributed by atoms with E-state index in [1.807, 2.05) is 0 Å². The maximum Gasteiger partial charge on any atom is 0.411 e. The molecule has 0 aliphatic heterocycles. The molecule has 0 aliphatic rings. The number of rotatable bonds is 6. The topological polar surface area (TPSA) is 47.3 Å². The SMILES string of the molecule is NNC(CCOCC(F)(F)F)c1cccc(Cl)c1. The van der Waals surface area contributed by atoms with Gasteiger partial charge in [0, 0.05) is 17.7 Å². The largest absolute Gasteiger partial charge is 0.411 e. The van der Waals surface area contributed by atoms with Crippen molar-refractivity contribution in [3.63, 3.8) is 0 Å². The van der Waals surface area contributed by atoms with Gasteiger partial charge in [-0.15, -0.1) is 0 Å². The van der Waals surface area contributed by atoms with Gasteiger partial charge in [-0.05, 0) is 24.1 Å². The summed E-state index contributed by atoms with van der Waals surface area (Å²) >= 11 is 5.82. The average Bonchev–Trinajstić information content (AvgIpc) is 2.27. The third-order valence-corrected chi connectivity index (χ3v) is 2.50. The van der Waals surface area contributed by atoms with Gasteiger partial charge in [0.15, 0.2) is 0 Å². The molecule has 0 saturated heterocycles. The Kier molecular flexibility index (Phi) is 5.87. The van der Waals surface area contributed by atoms with Gasteiger partial charge in [0.05, 0.1) is 0 Å². The van der Waals surface area contributed by atoms with Crippen LogP contribution in [0.3, 0.4) is 0 Å². The Morgan fingerprint density at radius 2 is 2.11 bits per heavy atom. The first kappa shape index (κ1) is 15.2. The fraction of sp³-hybridized carbons (Fsp3) is 0.455. The molecule has 0 amide bonds. The predicted octanol–water partition coefficient (Wildman–Crippen LogP) is 2.81. The van der Waals surface area contributed by atoms with Gasteiger partial charge in [-0.1, -0.05) is 23.7 Å². The highest BCUT2D eigenvalue weighted by Gasteiger charge is 2.27. The molecule has 0 fully saturated rings. The molecule has 1 aromatic carbocycles. The molecular formula is C11H14ClF3N2O. The molecule has 0 spiro atoms. The molecule has 0 aromatic heterocycles. The molecule has 3 nitrogen and oxygen atoms in total. The smallest absolute Gasteiger partial charge is 0.372 e. The lowest BCUT2D eigenvalue weighted by Gasteiger charge is -2.17. The van der Waals surface area contributed by atoms with Crippen LogP contribution in [0, 0.1) is 0 Å². The van der Waals surface area contributed by atoms with Crippen LogP contribution in [0.4, 0.5) is 13.2 Å². The monoisotopic (exact) mass is 282 g/mol. The molecule has 1 rings (SSSR count). The molecule has 102 valence electrons. The Bertz CT molecular complexity index is 374. The molecule has 0 aliphatic carbocycles. The fourth-order valence-corrected chi connectivity index (χ4v) is 1.66. The molecule has 7 heteroatoms. The van der Waals surface area contributed by atoms with Crippen molar-refractivity contribution in [2.45, 2.75) is 18.6 Å². The van der Waals surface area contributed by atoms with Crippen molar-refractivity contribution >= 4 is 11.6 Å². The number of halogens is 4. The first-order valence-corrected chi connectivity index (χ1v) is 5.66. The van der Waals surface area contributed by atoms with Crippen LogP contribution in [0.1, 0.15) is 18.0 Å².